The Bertz CT molecular complexity index is 544. The van der Waals surface area contributed by atoms with E-state index in [1.54, 1.807) is 31.2 Å². The van der Waals surface area contributed by atoms with E-state index < -0.39 is 6.04 Å². The van der Waals surface area contributed by atoms with E-state index in [0.717, 1.165) is 6.42 Å². The lowest BCUT2D eigenvalue weighted by atomic mass is 10.2. The van der Waals surface area contributed by atoms with Gasteiger partial charge in [-0.15, -0.1) is 0 Å². The van der Waals surface area contributed by atoms with Gasteiger partial charge in [-0.25, -0.2) is 0 Å². The van der Waals surface area contributed by atoms with Crippen LogP contribution in [0.25, 0.3) is 6.08 Å². The SMILES string of the molecule is CCCNC(=O)C(C)NC(=O)/C=C/c1cc(Cl)ccc1Cl. The van der Waals surface area contributed by atoms with Gasteiger partial charge in [-0.05, 0) is 43.2 Å². The largest absolute Gasteiger partial charge is 0.354 e. The molecule has 2 amide bonds. The molecule has 1 atom stereocenters. The Kier molecular flexibility index (Phi) is 7.26. The zero-order valence-electron chi connectivity index (χ0n) is 12.0. The van der Waals surface area contributed by atoms with Crippen molar-refractivity contribution < 1.29 is 9.59 Å². The van der Waals surface area contributed by atoms with Crippen molar-refractivity contribution >= 4 is 41.1 Å². The summed E-state index contributed by atoms with van der Waals surface area (Å²) in [6.45, 7) is 4.18. The van der Waals surface area contributed by atoms with E-state index in [9.17, 15) is 9.59 Å². The van der Waals surface area contributed by atoms with Crippen molar-refractivity contribution in [3.8, 4) is 0 Å². The van der Waals surface area contributed by atoms with Crippen LogP contribution in [0.15, 0.2) is 24.3 Å². The first kappa shape index (κ1) is 17.5. The van der Waals surface area contributed by atoms with Crippen molar-refractivity contribution in [3.05, 3.63) is 39.9 Å². The summed E-state index contributed by atoms with van der Waals surface area (Å²) in [4.78, 5) is 23.4. The molecule has 0 heterocycles. The molecule has 0 aliphatic rings. The quantitative estimate of drug-likeness (QED) is 0.788. The third-order valence-electron chi connectivity index (χ3n) is 2.67. The Balaban J connectivity index is 2.58. The number of nitrogens with one attached hydrogen (secondary N) is 2. The third kappa shape index (κ3) is 6.19. The summed E-state index contributed by atoms with van der Waals surface area (Å²) in [5, 5.41) is 6.32. The summed E-state index contributed by atoms with van der Waals surface area (Å²) in [5.41, 5.74) is 0.641. The highest BCUT2D eigenvalue weighted by molar-refractivity contribution is 6.34. The maximum atomic E-state index is 11.7. The van der Waals surface area contributed by atoms with E-state index >= 15 is 0 Å². The second-order valence-corrected chi connectivity index (χ2v) is 5.36. The molecule has 0 saturated heterocycles. The lowest BCUT2D eigenvalue weighted by Crippen LogP contribution is -2.44. The lowest BCUT2D eigenvalue weighted by Gasteiger charge is -2.12. The number of hydrogen-bond acceptors (Lipinski definition) is 2. The molecule has 0 radical (unpaired) electrons. The van der Waals surface area contributed by atoms with Crippen LogP contribution in [0.5, 0.6) is 0 Å². The molecule has 1 unspecified atom stereocenters. The Morgan fingerprint density at radius 3 is 2.71 bits per heavy atom. The average Bonchev–Trinajstić information content (AvgIpc) is 2.45. The smallest absolute Gasteiger partial charge is 0.244 e. The zero-order chi connectivity index (χ0) is 15.8. The summed E-state index contributed by atoms with van der Waals surface area (Å²) in [6.07, 6.45) is 3.72. The van der Waals surface area contributed by atoms with Crippen LogP contribution in [0, 0.1) is 0 Å². The summed E-state index contributed by atoms with van der Waals surface area (Å²) in [6, 6.07) is 4.39. The van der Waals surface area contributed by atoms with Crippen molar-refractivity contribution in [2.24, 2.45) is 0 Å². The summed E-state index contributed by atoms with van der Waals surface area (Å²) < 4.78 is 0. The van der Waals surface area contributed by atoms with E-state index in [2.05, 4.69) is 10.6 Å². The van der Waals surface area contributed by atoms with Gasteiger partial charge in [-0.1, -0.05) is 30.1 Å². The highest BCUT2D eigenvalue weighted by Crippen LogP contribution is 2.21. The number of rotatable bonds is 6. The van der Waals surface area contributed by atoms with E-state index in [0.29, 0.717) is 22.2 Å². The fraction of sp³-hybridized carbons (Fsp3) is 0.333. The Morgan fingerprint density at radius 1 is 1.33 bits per heavy atom. The Hall–Kier alpha value is -1.52. The highest BCUT2D eigenvalue weighted by Gasteiger charge is 2.13. The molecule has 0 fully saturated rings. The van der Waals surface area contributed by atoms with Gasteiger partial charge >= 0.3 is 0 Å². The predicted octanol–water partition coefficient (Wildman–Crippen LogP) is 3.04. The molecular weight excluding hydrogens is 311 g/mol. The molecule has 1 rings (SSSR count). The predicted molar refractivity (Wildman–Crippen MR) is 86.4 cm³/mol. The molecule has 4 nitrogen and oxygen atoms in total. The summed E-state index contributed by atoms with van der Waals surface area (Å²) >= 11 is 11.8. The molecule has 1 aromatic rings. The fourth-order valence-electron chi connectivity index (χ4n) is 1.54. The van der Waals surface area contributed by atoms with Crippen molar-refractivity contribution in [2.45, 2.75) is 26.3 Å². The number of benzene rings is 1. The van der Waals surface area contributed by atoms with Crippen molar-refractivity contribution in [3.63, 3.8) is 0 Å². The van der Waals surface area contributed by atoms with Gasteiger partial charge in [0.15, 0.2) is 0 Å². The van der Waals surface area contributed by atoms with Crippen LogP contribution in [0.2, 0.25) is 10.0 Å². The maximum Gasteiger partial charge on any atom is 0.244 e. The first-order chi connectivity index (χ1) is 9.93. The molecule has 0 aliphatic heterocycles. The van der Waals surface area contributed by atoms with Gasteiger partial charge in [0.1, 0.15) is 6.04 Å². The Morgan fingerprint density at radius 2 is 2.05 bits per heavy atom. The molecule has 2 N–H and O–H groups in total. The number of halogens is 2. The molecule has 0 spiro atoms. The van der Waals surface area contributed by atoms with Crippen LogP contribution in [0.3, 0.4) is 0 Å². The van der Waals surface area contributed by atoms with Crippen molar-refractivity contribution in [1.82, 2.24) is 10.6 Å². The maximum absolute atomic E-state index is 11.7. The minimum Gasteiger partial charge on any atom is -0.354 e. The van der Waals surface area contributed by atoms with Crippen LogP contribution in [-0.2, 0) is 9.59 Å². The molecule has 0 saturated carbocycles. The van der Waals surface area contributed by atoms with E-state index in [1.165, 1.54) is 6.08 Å². The van der Waals surface area contributed by atoms with Crippen molar-refractivity contribution in [2.75, 3.05) is 6.54 Å². The zero-order valence-corrected chi connectivity index (χ0v) is 13.5. The number of carbonyl (C=O) groups excluding carboxylic acids is 2. The number of amides is 2. The van der Waals surface area contributed by atoms with Gasteiger partial charge in [-0.3, -0.25) is 9.59 Å². The lowest BCUT2D eigenvalue weighted by molar-refractivity contribution is -0.126. The van der Waals surface area contributed by atoms with E-state index in [-0.39, 0.29) is 11.8 Å². The minimum absolute atomic E-state index is 0.209. The second kappa shape index (κ2) is 8.70. The first-order valence-corrected chi connectivity index (χ1v) is 7.41. The van der Waals surface area contributed by atoms with Gasteiger partial charge in [-0.2, -0.15) is 0 Å². The van der Waals surface area contributed by atoms with E-state index in [4.69, 9.17) is 23.2 Å². The van der Waals surface area contributed by atoms with Gasteiger partial charge in [0.2, 0.25) is 11.8 Å². The molecule has 1 aromatic carbocycles. The van der Waals surface area contributed by atoms with Crippen LogP contribution in [0.4, 0.5) is 0 Å². The molecular formula is C15H18Cl2N2O2. The molecule has 21 heavy (non-hydrogen) atoms. The molecule has 0 bridgehead atoms. The number of carbonyl (C=O) groups is 2. The number of hydrogen-bond donors (Lipinski definition) is 2. The standard InChI is InChI=1S/C15H18Cl2N2O2/c1-3-8-18-15(21)10(2)19-14(20)7-4-11-9-12(16)5-6-13(11)17/h4-7,9-10H,3,8H2,1-2H3,(H,18,21)(H,19,20)/b7-4+. The first-order valence-electron chi connectivity index (χ1n) is 6.65. The van der Waals surface area contributed by atoms with Gasteiger partial charge in [0.25, 0.3) is 0 Å². The fourth-order valence-corrected chi connectivity index (χ4v) is 1.90. The van der Waals surface area contributed by atoms with Gasteiger partial charge < -0.3 is 10.6 Å². The summed E-state index contributed by atoms with van der Waals surface area (Å²) in [7, 11) is 0. The molecule has 114 valence electrons. The average molecular weight is 329 g/mol. The van der Waals surface area contributed by atoms with Crippen molar-refractivity contribution in [1.29, 1.82) is 0 Å². The monoisotopic (exact) mass is 328 g/mol. The Labute approximate surface area is 134 Å². The van der Waals surface area contributed by atoms with Gasteiger partial charge in [0, 0.05) is 22.7 Å². The summed E-state index contributed by atoms with van der Waals surface area (Å²) in [5.74, 6) is -0.579. The van der Waals surface area contributed by atoms with Crippen LogP contribution >= 0.6 is 23.2 Å². The second-order valence-electron chi connectivity index (χ2n) is 4.52. The minimum atomic E-state index is -0.594. The van der Waals surface area contributed by atoms with E-state index in [1.807, 2.05) is 6.92 Å². The van der Waals surface area contributed by atoms with Gasteiger partial charge in [0.05, 0.1) is 0 Å². The molecule has 0 aliphatic carbocycles. The topological polar surface area (TPSA) is 58.2 Å². The third-order valence-corrected chi connectivity index (χ3v) is 3.25. The molecule has 6 heteroatoms. The highest BCUT2D eigenvalue weighted by atomic mass is 35.5. The van der Waals surface area contributed by atoms with Crippen LogP contribution < -0.4 is 10.6 Å². The van der Waals surface area contributed by atoms with Crippen LogP contribution in [-0.4, -0.2) is 24.4 Å². The normalized spacial score (nSPS) is 12.2. The van der Waals surface area contributed by atoms with Crippen LogP contribution in [0.1, 0.15) is 25.8 Å². The molecule has 0 aromatic heterocycles.